The van der Waals surface area contributed by atoms with Gasteiger partial charge in [-0.3, -0.25) is 9.59 Å². The number of sulfonamides is 1. The van der Waals surface area contributed by atoms with E-state index in [1.54, 1.807) is 6.92 Å². The summed E-state index contributed by atoms with van der Waals surface area (Å²) in [5.74, 6) is -0.746. The number of halogens is 1. The molecule has 0 bridgehead atoms. The minimum absolute atomic E-state index is 0.0383. The van der Waals surface area contributed by atoms with Crippen molar-refractivity contribution < 1.29 is 18.0 Å². The first-order chi connectivity index (χ1) is 15.1. The summed E-state index contributed by atoms with van der Waals surface area (Å²) in [7, 11) is -2.56. The predicted molar refractivity (Wildman–Crippen MR) is 126 cm³/mol. The third kappa shape index (κ3) is 6.54. The highest BCUT2D eigenvalue weighted by Crippen LogP contribution is 2.19. The van der Waals surface area contributed by atoms with Crippen molar-refractivity contribution in [3.8, 4) is 0 Å². The minimum atomic E-state index is -3.90. The Labute approximate surface area is 195 Å². The van der Waals surface area contributed by atoms with Crippen LogP contribution in [0.4, 0.5) is 0 Å². The number of hydrogen-bond acceptors (Lipinski definition) is 4. The third-order valence-electron chi connectivity index (χ3n) is 5.20. The Kier molecular flexibility index (Phi) is 9.24. The Balaban J connectivity index is 2.27. The van der Waals surface area contributed by atoms with Gasteiger partial charge in [-0.2, -0.15) is 4.31 Å². The molecule has 0 spiro atoms. The summed E-state index contributed by atoms with van der Waals surface area (Å²) in [5.41, 5.74) is 1.87. The van der Waals surface area contributed by atoms with E-state index in [1.807, 2.05) is 38.1 Å². The Morgan fingerprint density at radius 1 is 1.09 bits per heavy atom. The summed E-state index contributed by atoms with van der Waals surface area (Å²) >= 11 is 5.85. The van der Waals surface area contributed by atoms with Gasteiger partial charge in [-0.05, 0) is 55.7 Å². The van der Waals surface area contributed by atoms with Crippen LogP contribution < -0.4 is 5.32 Å². The lowest BCUT2D eigenvalue weighted by molar-refractivity contribution is -0.140. The molecule has 32 heavy (non-hydrogen) atoms. The van der Waals surface area contributed by atoms with E-state index >= 15 is 0 Å². The van der Waals surface area contributed by atoms with Gasteiger partial charge in [-0.25, -0.2) is 8.42 Å². The number of carbonyl (C=O) groups excluding carboxylic acids is 2. The van der Waals surface area contributed by atoms with Gasteiger partial charge in [-0.15, -0.1) is 0 Å². The molecule has 0 aromatic heterocycles. The Bertz CT molecular complexity index is 1040. The third-order valence-corrected chi connectivity index (χ3v) is 7.27. The number of rotatable bonds is 10. The zero-order valence-corrected chi connectivity index (χ0v) is 20.4. The lowest BCUT2D eigenvalue weighted by atomic mass is 10.1. The van der Waals surface area contributed by atoms with Gasteiger partial charge in [-0.1, -0.05) is 42.8 Å². The fourth-order valence-corrected chi connectivity index (χ4v) is 4.35. The van der Waals surface area contributed by atoms with Crippen LogP contribution in [-0.4, -0.2) is 55.6 Å². The number of aryl methyl sites for hydroxylation is 1. The van der Waals surface area contributed by atoms with E-state index in [1.165, 1.54) is 36.2 Å². The van der Waals surface area contributed by atoms with Crippen molar-refractivity contribution in [3.05, 3.63) is 64.7 Å². The summed E-state index contributed by atoms with van der Waals surface area (Å²) in [4.78, 5) is 27.3. The standard InChI is InChI=1S/C23H30ClN3O4S/c1-5-14-25-23(29)18(3)27(15-19-9-7-6-8-17(19)2)22(28)16-26(4)32(30,31)21-12-10-20(24)11-13-21/h6-13,18H,5,14-16H2,1-4H3,(H,25,29)/t18-/m1/s1. The van der Waals surface area contributed by atoms with Crippen LogP contribution in [0, 0.1) is 6.92 Å². The molecule has 0 aliphatic carbocycles. The largest absolute Gasteiger partial charge is 0.354 e. The van der Waals surface area contributed by atoms with Crippen molar-refractivity contribution >= 4 is 33.4 Å². The second-order valence-electron chi connectivity index (χ2n) is 7.63. The van der Waals surface area contributed by atoms with Crippen LogP contribution in [0.1, 0.15) is 31.4 Å². The van der Waals surface area contributed by atoms with Gasteiger partial charge >= 0.3 is 0 Å². The van der Waals surface area contributed by atoms with Crippen LogP contribution in [0.3, 0.4) is 0 Å². The predicted octanol–water partition coefficient (Wildman–Crippen LogP) is 3.21. The van der Waals surface area contributed by atoms with E-state index in [-0.39, 0.29) is 17.3 Å². The summed E-state index contributed by atoms with van der Waals surface area (Å²) in [6, 6.07) is 12.6. The van der Waals surface area contributed by atoms with E-state index in [9.17, 15) is 18.0 Å². The Morgan fingerprint density at radius 2 is 1.72 bits per heavy atom. The number of nitrogens with one attached hydrogen (secondary N) is 1. The molecule has 2 rings (SSSR count). The molecule has 0 aliphatic rings. The molecule has 2 amide bonds. The van der Waals surface area contributed by atoms with E-state index < -0.39 is 28.5 Å². The zero-order chi connectivity index (χ0) is 23.9. The fraction of sp³-hybridized carbons (Fsp3) is 0.391. The molecule has 1 atom stereocenters. The highest BCUT2D eigenvalue weighted by atomic mass is 35.5. The van der Waals surface area contributed by atoms with Crippen LogP contribution >= 0.6 is 11.6 Å². The maximum Gasteiger partial charge on any atom is 0.243 e. The molecule has 7 nitrogen and oxygen atoms in total. The van der Waals surface area contributed by atoms with Gasteiger partial charge in [0.15, 0.2) is 0 Å². The quantitative estimate of drug-likeness (QED) is 0.566. The highest BCUT2D eigenvalue weighted by molar-refractivity contribution is 7.89. The average Bonchev–Trinajstić information content (AvgIpc) is 2.76. The maximum absolute atomic E-state index is 13.2. The molecule has 0 aliphatic heterocycles. The molecule has 2 aromatic rings. The normalized spacial score (nSPS) is 12.4. The van der Waals surface area contributed by atoms with Crippen LogP contribution in [0.5, 0.6) is 0 Å². The lowest BCUT2D eigenvalue weighted by Gasteiger charge is -2.30. The summed E-state index contributed by atoms with van der Waals surface area (Å²) in [6.45, 7) is 5.81. The summed E-state index contributed by atoms with van der Waals surface area (Å²) in [6.07, 6.45) is 0.770. The first-order valence-corrected chi connectivity index (χ1v) is 12.2. The first-order valence-electron chi connectivity index (χ1n) is 10.4. The molecular weight excluding hydrogens is 450 g/mol. The molecule has 0 heterocycles. The summed E-state index contributed by atoms with van der Waals surface area (Å²) in [5, 5.41) is 3.22. The molecule has 0 saturated carbocycles. The van der Waals surface area contributed by atoms with Crippen LogP contribution in [0.15, 0.2) is 53.4 Å². The molecule has 2 aromatic carbocycles. The van der Waals surface area contributed by atoms with Gasteiger partial charge in [0.2, 0.25) is 21.8 Å². The number of hydrogen-bond donors (Lipinski definition) is 1. The molecule has 1 N–H and O–H groups in total. The van der Waals surface area contributed by atoms with Gasteiger partial charge in [0.1, 0.15) is 6.04 Å². The molecular formula is C23H30ClN3O4S. The number of nitrogens with zero attached hydrogens (tertiary/aromatic N) is 2. The van der Waals surface area contributed by atoms with Crippen molar-refractivity contribution in [3.63, 3.8) is 0 Å². The van der Waals surface area contributed by atoms with Crippen LogP contribution in [0.2, 0.25) is 5.02 Å². The number of benzene rings is 2. The van der Waals surface area contributed by atoms with Crippen molar-refractivity contribution in [2.24, 2.45) is 0 Å². The van der Waals surface area contributed by atoms with Gasteiger partial charge < -0.3 is 10.2 Å². The highest BCUT2D eigenvalue weighted by Gasteiger charge is 2.30. The molecule has 9 heteroatoms. The molecule has 0 radical (unpaired) electrons. The minimum Gasteiger partial charge on any atom is -0.354 e. The summed E-state index contributed by atoms with van der Waals surface area (Å²) < 4.78 is 26.8. The van der Waals surface area contributed by atoms with Gasteiger partial charge in [0.25, 0.3) is 0 Å². The van der Waals surface area contributed by atoms with Crippen LogP contribution in [-0.2, 0) is 26.2 Å². The monoisotopic (exact) mass is 479 g/mol. The fourth-order valence-electron chi connectivity index (χ4n) is 3.10. The van der Waals surface area contributed by atoms with Gasteiger partial charge in [0.05, 0.1) is 11.4 Å². The first kappa shape index (κ1) is 25.8. The second-order valence-corrected chi connectivity index (χ2v) is 10.1. The van der Waals surface area contributed by atoms with E-state index in [2.05, 4.69) is 5.32 Å². The van der Waals surface area contributed by atoms with Crippen molar-refractivity contribution in [1.82, 2.24) is 14.5 Å². The molecule has 0 saturated heterocycles. The van der Waals surface area contributed by atoms with Crippen molar-refractivity contribution in [2.45, 2.75) is 44.7 Å². The van der Waals surface area contributed by atoms with Crippen LogP contribution in [0.25, 0.3) is 0 Å². The molecule has 0 unspecified atom stereocenters. The van der Waals surface area contributed by atoms with E-state index in [0.717, 1.165) is 21.9 Å². The topological polar surface area (TPSA) is 86.8 Å². The lowest BCUT2D eigenvalue weighted by Crippen LogP contribution is -2.50. The van der Waals surface area contributed by atoms with Crippen molar-refractivity contribution in [2.75, 3.05) is 20.1 Å². The SMILES string of the molecule is CCCNC(=O)[C@@H](C)N(Cc1ccccc1C)C(=O)CN(C)S(=O)(=O)c1ccc(Cl)cc1. The average molecular weight is 480 g/mol. The maximum atomic E-state index is 13.2. The Morgan fingerprint density at radius 3 is 2.31 bits per heavy atom. The van der Waals surface area contributed by atoms with E-state index in [4.69, 9.17) is 11.6 Å². The number of likely N-dealkylation sites (N-methyl/N-ethyl adjacent to an activating group) is 1. The second kappa shape index (κ2) is 11.4. The molecule has 174 valence electrons. The van der Waals surface area contributed by atoms with Gasteiger partial charge in [0, 0.05) is 25.2 Å². The molecule has 0 fully saturated rings. The van der Waals surface area contributed by atoms with Crippen molar-refractivity contribution in [1.29, 1.82) is 0 Å². The van der Waals surface area contributed by atoms with E-state index in [0.29, 0.717) is 11.6 Å². The number of amides is 2. The smallest absolute Gasteiger partial charge is 0.243 e. The number of carbonyl (C=O) groups is 2. The Hall–Kier alpha value is -2.42. The zero-order valence-electron chi connectivity index (χ0n) is 18.8.